The average molecular weight is 391 g/mol. The molecule has 0 bridgehead atoms. The third-order valence-corrected chi connectivity index (χ3v) is 7.26. The van der Waals surface area contributed by atoms with Crippen LogP contribution in [0.3, 0.4) is 0 Å². The van der Waals surface area contributed by atoms with Gasteiger partial charge in [-0.1, -0.05) is 6.07 Å². The van der Waals surface area contributed by atoms with E-state index in [1.165, 1.54) is 16.4 Å². The Labute approximate surface area is 160 Å². The Balaban J connectivity index is 1.73. The highest BCUT2D eigenvalue weighted by Crippen LogP contribution is 2.27. The molecule has 1 aromatic heterocycles. The zero-order valence-electron chi connectivity index (χ0n) is 15.9. The van der Waals surface area contributed by atoms with Gasteiger partial charge in [0.25, 0.3) is 5.91 Å². The van der Waals surface area contributed by atoms with E-state index < -0.39 is 10.0 Å². The summed E-state index contributed by atoms with van der Waals surface area (Å²) < 4.78 is 26.7. The van der Waals surface area contributed by atoms with Crippen molar-refractivity contribution < 1.29 is 13.2 Å². The lowest BCUT2D eigenvalue weighted by molar-refractivity contribution is 0.0712. The first-order valence-electron chi connectivity index (χ1n) is 9.17. The molecular formula is C19H26N4O3S. The molecule has 27 heavy (non-hydrogen) atoms. The predicted molar refractivity (Wildman–Crippen MR) is 103 cm³/mol. The molecule has 0 atom stereocenters. The highest BCUT2D eigenvalue weighted by Gasteiger charge is 2.27. The maximum Gasteiger partial charge on any atom is 0.253 e. The van der Waals surface area contributed by atoms with Gasteiger partial charge in [-0.05, 0) is 51.0 Å². The summed E-state index contributed by atoms with van der Waals surface area (Å²) in [4.78, 5) is 14.8. The number of sulfonamides is 1. The van der Waals surface area contributed by atoms with Gasteiger partial charge in [0.15, 0.2) is 0 Å². The van der Waals surface area contributed by atoms with Crippen molar-refractivity contribution in [3.63, 3.8) is 0 Å². The van der Waals surface area contributed by atoms with Gasteiger partial charge in [0.1, 0.15) is 0 Å². The predicted octanol–water partition coefficient (Wildman–Crippen LogP) is 2.46. The number of nitrogens with one attached hydrogen (secondary N) is 1. The van der Waals surface area contributed by atoms with Gasteiger partial charge in [0, 0.05) is 49.6 Å². The number of benzene rings is 1. The second-order valence-corrected chi connectivity index (χ2v) is 9.22. The molecule has 0 spiro atoms. The minimum atomic E-state index is -3.61. The second kappa shape index (κ2) is 7.82. The van der Waals surface area contributed by atoms with Crippen LogP contribution >= 0.6 is 0 Å². The monoisotopic (exact) mass is 390 g/mol. The zero-order valence-corrected chi connectivity index (χ0v) is 16.7. The van der Waals surface area contributed by atoms with Gasteiger partial charge in [-0.3, -0.25) is 9.89 Å². The van der Waals surface area contributed by atoms with E-state index in [4.69, 9.17) is 0 Å². The Bertz CT molecular complexity index is 885. The molecule has 1 saturated heterocycles. The van der Waals surface area contributed by atoms with E-state index >= 15 is 0 Å². The molecule has 2 heterocycles. The summed E-state index contributed by atoms with van der Waals surface area (Å²) in [5.74, 6) is 0.255. The quantitative estimate of drug-likeness (QED) is 0.850. The standard InChI is InChI=1S/C19H26N4O3S/c1-14(2)22(3)27(25,26)17-6-4-5-16(13-17)19(24)23-11-8-15(9-12-23)18-7-10-20-21-18/h4-7,10,13-15H,8-9,11-12H2,1-3H3,(H,20,21). The number of hydrogen-bond donors (Lipinski definition) is 1. The summed E-state index contributed by atoms with van der Waals surface area (Å²) in [5, 5.41) is 6.99. The molecule has 0 unspecified atom stereocenters. The number of carbonyl (C=O) groups excluding carboxylic acids is 1. The molecule has 1 aliphatic heterocycles. The third-order valence-electron chi connectivity index (χ3n) is 5.23. The van der Waals surface area contributed by atoms with Crippen molar-refractivity contribution in [1.29, 1.82) is 0 Å². The van der Waals surface area contributed by atoms with Crippen molar-refractivity contribution in [1.82, 2.24) is 19.4 Å². The maximum absolute atomic E-state index is 12.9. The summed E-state index contributed by atoms with van der Waals surface area (Å²) in [5.41, 5.74) is 1.51. The molecule has 3 rings (SSSR count). The number of piperidine rings is 1. The Kier molecular flexibility index (Phi) is 5.67. The number of hydrogen-bond acceptors (Lipinski definition) is 4. The molecule has 0 saturated carbocycles. The van der Waals surface area contributed by atoms with Crippen molar-refractivity contribution in [2.45, 2.75) is 43.5 Å². The van der Waals surface area contributed by atoms with Gasteiger partial charge < -0.3 is 4.90 Å². The molecule has 1 aromatic carbocycles. The van der Waals surface area contributed by atoms with Crippen LogP contribution in [0.5, 0.6) is 0 Å². The first-order chi connectivity index (χ1) is 12.8. The number of nitrogens with zero attached hydrogens (tertiary/aromatic N) is 3. The van der Waals surface area contributed by atoms with Crippen LogP contribution in [0.1, 0.15) is 48.7 Å². The van der Waals surface area contributed by atoms with Crippen molar-refractivity contribution in [3.05, 3.63) is 47.8 Å². The fraction of sp³-hybridized carbons (Fsp3) is 0.474. The zero-order chi connectivity index (χ0) is 19.6. The SMILES string of the molecule is CC(C)N(C)S(=O)(=O)c1cccc(C(=O)N2CCC(c3ccn[nH]3)CC2)c1. The van der Waals surface area contributed by atoms with Crippen LogP contribution in [-0.2, 0) is 10.0 Å². The normalized spacial score (nSPS) is 16.3. The topological polar surface area (TPSA) is 86.4 Å². The fourth-order valence-electron chi connectivity index (χ4n) is 3.30. The number of likely N-dealkylation sites (tertiary alicyclic amines) is 1. The lowest BCUT2D eigenvalue weighted by Crippen LogP contribution is -2.38. The Morgan fingerprint density at radius 2 is 1.96 bits per heavy atom. The number of rotatable bonds is 5. The van der Waals surface area contributed by atoms with Crippen molar-refractivity contribution in [3.8, 4) is 0 Å². The van der Waals surface area contributed by atoms with Crippen LogP contribution in [0.2, 0.25) is 0 Å². The number of carbonyl (C=O) groups is 1. The summed E-state index contributed by atoms with van der Waals surface area (Å²) in [6.45, 7) is 4.92. The van der Waals surface area contributed by atoms with E-state index in [9.17, 15) is 13.2 Å². The summed E-state index contributed by atoms with van der Waals surface area (Å²) in [6.07, 6.45) is 3.47. The van der Waals surface area contributed by atoms with E-state index in [1.807, 2.05) is 19.9 Å². The average Bonchev–Trinajstić information content (AvgIpc) is 3.21. The lowest BCUT2D eigenvalue weighted by Gasteiger charge is -2.31. The van der Waals surface area contributed by atoms with Crippen molar-refractivity contribution in [2.24, 2.45) is 0 Å². The first-order valence-corrected chi connectivity index (χ1v) is 10.6. The number of H-pyrrole nitrogens is 1. The van der Waals surface area contributed by atoms with Gasteiger partial charge in [-0.15, -0.1) is 0 Å². The van der Waals surface area contributed by atoms with E-state index in [1.54, 1.807) is 30.3 Å². The van der Waals surface area contributed by atoms with Crippen LogP contribution < -0.4 is 0 Å². The Morgan fingerprint density at radius 3 is 2.56 bits per heavy atom. The van der Waals surface area contributed by atoms with Crippen molar-refractivity contribution in [2.75, 3.05) is 20.1 Å². The molecule has 1 aliphatic rings. The van der Waals surface area contributed by atoms with Crippen LogP contribution in [0.25, 0.3) is 0 Å². The highest BCUT2D eigenvalue weighted by atomic mass is 32.2. The third kappa shape index (κ3) is 4.06. The Morgan fingerprint density at radius 1 is 1.26 bits per heavy atom. The van der Waals surface area contributed by atoms with Crippen molar-refractivity contribution >= 4 is 15.9 Å². The molecule has 0 aliphatic carbocycles. The minimum Gasteiger partial charge on any atom is -0.339 e. The largest absolute Gasteiger partial charge is 0.339 e. The molecule has 0 radical (unpaired) electrons. The fourth-order valence-corrected chi connectivity index (χ4v) is 4.72. The lowest BCUT2D eigenvalue weighted by atomic mass is 9.93. The molecule has 7 nitrogen and oxygen atoms in total. The van der Waals surface area contributed by atoms with Gasteiger partial charge in [-0.2, -0.15) is 9.40 Å². The van der Waals surface area contributed by atoms with Gasteiger partial charge in [-0.25, -0.2) is 8.42 Å². The van der Waals surface area contributed by atoms with E-state index in [-0.39, 0.29) is 16.8 Å². The first kappa shape index (κ1) is 19.6. The number of aromatic amines is 1. The van der Waals surface area contributed by atoms with Crippen LogP contribution in [0.4, 0.5) is 0 Å². The van der Waals surface area contributed by atoms with E-state index in [0.717, 1.165) is 18.5 Å². The maximum atomic E-state index is 12.9. The second-order valence-electron chi connectivity index (χ2n) is 7.22. The summed E-state index contributed by atoms with van der Waals surface area (Å²) in [6, 6.07) is 8.15. The molecule has 146 valence electrons. The van der Waals surface area contributed by atoms with Gasteiger partial charge in [0.2, 0.25) is 10.0 Å². The van der Waals surface area contributed by atoms with E-state index in [0.29, 0.717) is 24.6 Å². The number of aromatic nitrogens is 2. The van der Waals surface area contributed by atoms with Crippen LogP contribution in [0, 0.1) is 0 Å². The Hall–Kier alpha value is -2.19. The van der Waals surface area contributed by atoms with Gasteiger partial charge >= 0.3 is 0 Å². The summed E-state index contributed by atoms with van der Waals surface area (Å²) in [7, 11) is -2.06. The highest BCUT2D eigenvalue weighted by molar-refractivity contribution is 7.89. The molecular weight excluding hydrogens is 364 g/mol. The molecule has 1 amide bonds. The molecule has 1 N–H and O–H groups in total. The van der Waals surface area contributed by atoms with Gasteiger partial charge in [0.05, 0.1) is 4.90 Å². The van der Waals surface area contributed by atoms with E-state index in [2.05, 4.69) is 10.2 Å². The molecule has 8 heteroatoms. The summed E-state index contributed by atoms with van der Waals surface area (Å²) >= 11 is 0. The van der Waals surface area contributed by atoms with Crippen LogP contribution in [0.15, 0.2) is 41.4 Å². The molecule has 1 fully saturated rings. The minimum absolute atomic E-state index is 0.123. The smallest absolute Gasteiger partial charge is 0.253 e. The van der Waals surface area contributed by atoms with Crippen LogP contribution in [-0.4, -0.2) is 59.9 Å². The number of amides is 1. The molecule has 2 aromatic rings.